The van der Waals surface area contributed by atoms with Gasteiger partial charge in [-0.25, -0.2) is 9.88 Å². The van der Waals surface area contributed by atoms with Crippen LogP contribution in [0.4, 0.5) is 5.82 Å². The van der Waals surface area contributed by atoms with Crippen molar-refractivity contribution in [1.82, 2.24) is 9.88 Å². The number of nitrogens with zero attached hydrogens (tertiary/aromatic N) is 3. The van der Waals surface area contributed by atoms with Crippen LogP contribution in [0, 0.1) is 6.92 Å². The van der Waals surface area contributed by atoms with E-state index in [0.717, 1.165) is 10.5 Å². The zero-order valence-electron chi connectivity index (χ0n) is 16.8. The highest BCUT2D eigenvalue weighted by molar-refractivity contribution is 7.19. The first kappa shape index (κ1) is 20.0. The van der Waals surface area contributed by atoms with Crippen molar-refractivity contribution in [2.45, 2.75) is 26.3 Å². The molecule has 0 bridgehead atoms. The SMILES string of the molecule is Cc1c(CN(C)C(=O)C=Cc2ccc(N3C(=O)CCC3=O)nc2)sc2ccccc12. The highest BCUT2D eigenvalue weighted by Gasteiger charge is 2.30. The molecule has 0 atom stereocenters. The molecule has 1 fully saturated rings. The van der Waals surface area contributed by atoms with Gasteiger partial charge in [0.05, 0.1) is 6.54 Å². The van der Waals surface area contributed by atoms with Crippen molar-refractivity contribution >= 4 is 51.0 Å². The molecular formula is C23H21N3O3S. The summed E-state index contributed by atoms with van der Waals surface area (Å²) in [6, 6.07) is 11.6. The fraction of sp³-hybridized carbons (Fsp3) is 0.217. The number of aromatic nitrogens is 1. The Balaban J connectivity index is 1.42. The number of benzene rings is 1. The normalized spacial score (nSPS) is 14.3. The molecule has 1 aliphatic rings. The molecule has 4 rings (SSSR count). The number of aryl methyl sites for hydroxylation is 1. The lowest BCUT2D eigenvalue weighted by molar-refractivity contribution is -0.125. The first-order chi connectivity index (χ1) is 14.4. The van der Waals surface area contributed by atoms with Crippen molar-refractivity contribution < 1.29 is 14.4 Å². The summed E-state index contributed by atoms with van der Waals surface area (Å²) < 4.78 is 1.22. The number of anilines is 1. The smallest absolute Gasteiger partial charge is 0.246 e. The van der Waals surface area contributed by atoms with Gasteiger partial charge in [-0.2, -0.15) is 0 Å². The van der Waals surface area contributed by atoms with Crippen LogP contribution in [0.1, 0.15) is 28.8 Å². The third-order valence-electron chi connectivity index (χ3n) is 5.17. The van der Waals surface area contributed by atoms with Crippen LogP contribution >= 0.6 is 11.3 Å². The second-order valence-electron chi connectivity index (χ2n) is 7.25. The summed E-state index contributed by atoms with van der Waals surface area (Å²) in [5, 5.41) is 1.23. The Hall–Kier alpha value is -3.32. The maximum absolute atomic E-state index is 12.5. The molecule has 7 heteroatoms. The molecule has 2 aromatic heterocycles. The molecule has 0 spiro atoms. The lowest BCUT2D eigenvalue weighted by atomic mass is 10.1. The monoisotopic (exact) mass is 419 g/mol. The Labute approximate surface area is 178 Å². The molecule has 3 heterocycles. The van der Waals surface area contributed by atoms with Gasteiger partial charge < -0.3 is 4.90 Å². The van der Waals surface area contributed by atoms with Gasteiger partial charge in [0.2, 0.25) is 17.7 Å². The molecule has 152 valence electrons. The summed E-state index contributed by atoms with van der Waals surface area (Å²) in [5.74, 6) is -0.252. The third-order valence-corrected chi connectivity index (χ3v) is 6.43. The number of thiophene rings is 1. The van der Waals surface area contributed by atoms with E-state index >= 15 is 0 Å². The van der Waals surface area contributed by atoms with Crippen LogP contribution in [0.3, 0.4) is 0 Å². The van der Waals surface area contributed by atoms with Crippen LogP contribution in [0.5, 0.6) is 0 Å². The van der Waals surface area contributed by atoms with Crippen molar-refractivity contribution in [3.05, 3.63) is 64.7 Å². The number of carbonyl (C=O) groups excluding carboxylic acids is 3. The Morgan fingerprint density at radius 1 is 1.17 bits per heavy atom. The van der Waals surface area contributed by atoms with E-state index in [1.54, 1.807) is 47.7 Å². The standard InChI is InChI=1S/C23H21N3O3S/c1-15-17-5-3-4-6-18(17)30-19(15)14-25(2)21(27)10-8-16-7-9-20(24-13-16)26-22(28)11-12-23(26)29/h3-10,13H,11-12,14H2,1-2H3. The van der Waals surface area contributed by atoms with Crippen molar-refractivity contribution in [2.24, 2.45) is 0 Å². The van der Waals surface area contributed by atoms with Crippen LogP contribution in [-0.2, 0) is 20.9 Å². The van der Waals surface area contributed by atoms with E-state index in [0.29, 0.717) is 12.4 Å². The van der Waals surface area contributed by atoms with E-state index in [2.05, 4.69) is 24.0 Å². The number of rotatable bonds is 5. The summed E-state index contributed by atoms with van der Waals surface area (Å²) in [6.45, 7) is 2.64. The average molecular weight is 420 g/mol. The Morgan fingerprint density at radius 2 is 1.90 bits per heavy atom. The predicted octanol–water partition coefficient (Wildman–Crippen LogP) is 3.93. The van der Waals surface area contributed by atoms with E-state index < -0.39 is 0 Å². The van der Waals surface area contributed by atoms with E-state index in [9.17, 15) is 14.4 Å². The fourth-order valence-corrected chi connectivity index (χ4v) is 4.69. The van der Waals surface area contributed by atoms with Gasteiger partial charge in [0, 0.05) is 41.7 Å². The van der Waals surface area contributed by atoms with Gasteiger partial charge in [-0.05, 0) is 47.7 Å². The van der Waals surface area contributed by atoms with Crippen molar-refractivity contribution in [1.29, 1.82) is 0 Å². The Kier molecular flexibility index (Phi) is 5.46. The van der Waals surface area contributed by atoms with Crippen LogP contribution in [0.25, 0.3) is 16.2 Å². The zero-order valence-corrected chi connectivity index (χ0v) is 17.6. The van der Waals surface area contributed by atoms with Crippen LogP contribution in [-0.4, -0.2) is 34.7 Å². The number of amides is 3. The van der Waals surface area contributed by atoms with E-state index in [4.69, 9.17) is 0 Å². The quantitative estimate of drug-likeness (QED) is 0.464. The van der Waals surface area contributed by atoms with Gasteiger partial charge in [0.1, 0.15) is 5.82 Å². The molecular weight excluding hydrogens is 398 g/mol. The van der Waals surface area contributed by atoms with E-state index in [1.165, 1.54) is 26.6 Å². The van der Waals surface area contributed by atoms with Gasteiger partial charge in [0.25, 0.3) is 0 Å². The third kappa shape index (κ3) is 3.89. The first-order valence-electron chi connectivity index (χ1n) is 9.66. The molecule has 0 unspecified atom stereocenters. The number of carbonyl (C=O) groups is 3. The van der Waals surface area contributed by atoms with Crippen LogP contribution < -0.4 is 4.90 Å². The highest BCUT2D eigenvalue weighted by atomic mass is 32.1. The van der Waals surface area contributed by atoms with E-state index in [-0.39, 0.29) is 30.6 Å². The Morgan fingerprint density at radius 3 is 2.57 bits per heavy atom. The number of likely N-dealkylation sites (N-methyl/N-ethyl adjacent to an activating group) is 1. The lowest BCUT2D eigenvalue weighted by Crippen LogP contribution is -2.29. The predicted molar refractivity (Wildman–Crippen MR) is 118 cm³/mol. The van der Waals surface area contributed by atoms with Gasteiger partial charge >= 0.3 is 0 Å². The van der Waals surface area contributed by atoms with Crippen molar-refractivity contribution in [2.75, 3.05) is 11.9 Å². The topological polar surface area (TPSA) is 70.6 Å². The van der Waals surface area contributed by atoms with Crippen LogP contribution in [0.15, 0.2) is 48.7 Å². The van der Waals surface area contributed by atoms with Crippen molar-refractivity contribution in [3.8, 4) is 0 Å². The minimum atomic E-state index is -0.232. The first-order valence-corrected chi connectivity index (χ1v) is 10.5. The number of imide groups is 1. The van der Waals surface area contributed by atoms with Gasteiger partial charge in [-0.3, -0.25) is 14.4 Å². The molecule has 1 aliphatic heterocycles. The summed E-state index contributed by atoms with van der Waals surface area (Å²) in [4.78, 5) is 44.3. The van der Waals surface area contributed by atoms with E-state index in [1.807, 2.05) is 12.1 Å². The van der Waals surface area contributed by atoms with Crippen molar-refractivity contribution in [3.63, 3.8) is 0 Å². The molecule has 30 heavy (non-hydrogen) atoms. The molecule has 0 aliphatic carbocycles. The van der Waals surface area contributed by atoms with Gasteiger partial charge in [0.15, 0.2) is 0 Å². The minimum absolute atomic E-state index is 0.110. The summed E-state index contributed by atoms with van der Waals surface area (Å²) in [7, 11) is 1.78. The summed E-state index contributed by atoms with van der Waals surface area (Å²) in [5.41, 5.74) is 1.93. The molecule has 1 aromatic carbocycles. The second kappa shape index (κ2) is 8.20. The van der Waals surface area contributed by atoms with Gasteiger partial charge in [-0.1, -0.05) is 18.2 Å². The van der Waals surface area contributed by atoms with Crippen LogP contribution in [0.2, 0.25) is 0 Å². The maximum Gasteiger partial charge on any atom is 0.246 e. The molecule has 0 radical (unpaired) electrons. The molecule has 0 N–H and O–H groups in total. The minimum Gasteiger partial charge on any atom is -0.337 e. The van der Waals surface area contributed by atoms with Gasteiger partial charge in [-0.15, -0.1) is 11.3 Å². The second-order valence-corrected chi connectivity index (χ2v) is 8.38. The maximum atomic E-state index is 12.5. The summed E-state index contributed by atoms with van der Waals surface area (Å²) in [6.07, 6.45) is 5.19. The molecule has 3 amide bonds. The lowest BCUT2D eigenvalue weighted by Gasteiger charge is -2.14. The average Bonchev–Trinajstić information content (AvgIpc) is 3.25. The zero-order chi connectivity index (χ0) is 21.3. The molecule has 0 saturated carbocycles. The summed E-state index contributed by atoms with van der Waals surface area (Å²) >= 11 is 1.71. The number of hydrogen-bond donors (Lipinski definition) is 0. The molecule has 6 nitrogen and oxygen atoms in total. The number of hydrogen-bond acceptors (Lipinski definition) is 5. The molecule has 3 aromatic rings. The molecule has 1 saturated heterocycles. The number of fused-ring (bicyclic) bond motifs is 1. The fourth-order valence-electron chi connectivity index (χ4n) is 3.42. The number of pyridine rings is 1. The Bertz CT molecular complexity index is 1150. The highest BCUT2D eigenvalue weighted by Crippen LogP contribution is 2.31. The largest absolute Gasteiger partial charge is 0.337 e.